The van der Waals surface area contributed by atoms with E-state index in [0.29, 0.717) is 5.56 Å². The summed E-state index contributed by atoms with van der Waals surface area (Å²) >= 11 is 0. The van der Waals surface area contributed by atoms with Crippen LogP contribution in [0.3, 0.4) is 0 Å². The smallest absolute Gasteiger partial charge is 0.217 e. The Kier molecular flexibility index (Phi) is 1.58. The fourth-order valence-corrected chi connectivity index (χ4v) is 1.21. The molecule has 58 valence electrons. The Morgan fingerprint density at radius 1 is 1.64 bits per heavy atom. The summed E-state index contributed by atoms with van der Waals surface area (Å²) in [7, 11) is 0. The zero-order chi connectivity index (χ0) is 7.68. The van der Waals surface area contributed by atoms with Gasteiger partial charge in [-0.1, -0.05) is 6.07 Å². The van der Waals surface area contributed by atoms with Crippen LogP contribution in [-0.2, 0) is 0 Å². The Bertz CT molecular complexity index is 258. The van der Waals surface area contributed by atoms with E-state index in [0.717, 1.165) is 13.0 Å². The SMILES string of the molecule is Fc1ncccc1C1CCN1. The molecule has 3 heteroatoms. The Hall–Kier alpha value is -0.960. The highest BCUT2D eigenvalue weighted by Crippen LogP contribution is 2.23. The molecule has 1 aliphatic heterocycles. The monoisotopic (exact) mass is 152 g/mol. The summed E-state index contributed by atoms with van der Waals surface area (Å²) in [6.07, 6.45) is 2.49. The Balaban J connectivity index is 2.28. The van der Waals surface area contributed by atoms with Crippen LogP contribution in [0.25, 0.3) is 0 Å². The van der Waals surface area contributed by atoms with E-state index in [1.807, 2.05) is 0 Å². The Morgan fingerprint density at radius 3 is 3.00 bits per heavy atom. The second-order valence-electron chi connectivity index (χ2n) is 2.68. The van der Waals surface area contributed by atoms with Crippen molar-refractivity contribution < 1.29 is 4.39 Å². The first-order valence-electron chi connectivity index (χ1n) is 3.72. The minimum atomic E-state index is -0.343. The minimum Gasteiger partial charge on any atom is -0.310 e. The summed E-state index contributed by atoms with van der Waals surface area (Å²) in [6, 6.07) is 3.74. The Labute approximate surface area is 64.5 Å². The van der Waals surface area contributed by atoms with Crippen LogP contribution in [0.5, 0.6) is 0 Å². The Morgan fingerprint density at radius 2 is 2.45 bits per heavy atom. The average Bonchev–Trinajstić information content (AvgIpc) is 1.90. The lowest BCUT2D eigenvalue weighted by atomic mass is 10.00. The van der Waals surface area contributed by atoms with E-state index in [9.17, 15) is 4.39 Å². The zero-order valence-electron chi connectivity index (χ0n) is 6.05. The number of rotatable bonds is 1. The van der Waals surface area contributed by atoms with Crippen molar-refractivity contribution in [2.45, 2.75) is 12.5 Å². The highest BCUT2D eigenvalue weighted by atomic mass is 19.1. The molecule has 1 unspecified atom stereocenters. The van der Waals surface area contributed by atoms with E-state index in [1.54, 1.807) is 12.1 Å². The molecule has 2 nitrogen and oxygen atoms in total. The number of aromatic nitrogens is 1. The van der Waals surface area contributed by atoms with Gasteiger partial charge in [0.25, 0.3) is 0 Å². The molecule has 1 aliphatic rings. The first-order valence-corrected chi connectivity index (χ1v) is 3.72. The first-order chi connectivity index (χ1) is 5.38. The average molecular weight is 152 g/mol. The van der Waals surface area contributed by atoms with E-state index >= 15 is 0 Å². The lowest BCUT2D eigenvalue weighted by molar-refractivity contribution is 0.366. The highest BCUT2D eigenvalue weighted by Gasteiger charge is 2.21. The fraction of sp³-hybridized carbons (Fsp3) is 0.375. The molecule has 0 radical (unpaired) electrons. The van der Waals surface area contributed by atoms with Crippen LogP contribution in [-0.4, -0.2) is 11.5 Å². The van der Waals surface area contributed by atoms with Crippen molar-refractivity contribution in [2.75, 3.05) is 6.54 Å². The van der Waals surface area contributed by atoms with E-state index in [1.165, 1.54) is 6.20 Å². The third kappa shape index (κ3) is 1.12. The van der Waals surface area contributed by atoms with Crippen molar-refractivity contribution >= 4 is 0 Å². The van der Waals surface area contributed by atoms with Crippen LogP contribution >= 0.6 is 0 Å². The predicted octanol–water partition coefficient (Wildman–Crippen LogP) is 1.26. The van der Waals surface area contributed by atoms with Crippen LogP contribution < -0.4 is 5.32 Å². The number of nitrogens with zero attached hydrogens (tertiary/aromatic N) is 1. The van der Waals surface area contributed by atoms with Gasteiger partial charge in [-0.3, -0.25) is 0 Å². The van der Waals surface area contributed by atoms with Gasteiger partial charge in [0.1, 0.15) is 0 Å². The molecule has 1 N–H and O–H groups in total. The largest absolute Gasteiger partial charge is 0.310 e. The van der Waals surface area contributed by atoms with E-state index < -0.39 is 0 Å². The molecule has 0 bridgehead atoms. The van der Waals surface area contributed by atoms with Gasteiger partial charge in [-0.05, 0) is 19.0 Å². The molecular formula is C8H9FN2. The summed E-state index contributed by atoms with van der Waals surface area (Å²) in [4.78, 5) is 3.58. The van der Waals surface area contributed by atoms with Gasteiger partial charge in [-0.2, -0.15) is 4.39 Å². The maximum Gasteiger partial charge on any atom is 0.217 e. The molecule has 1 aromatic rings. The maximum atomic E-state index is 12.9. The zero-order valence-corrected chi connectivity index (χ0v) is 6.05. The number of pyridine rings is 1. The quantitative estimate of drug-likeness (QED) is 0.613. The first kappa shape index (κ1) is 6.73. The molecule has 0 aliphatic carbocycles. The topological polar surface area (TPSA) is 24.9 Å². The van der Waals surface area contributed by atoms with Crippen LogP contribution in [0.2, 0.25) is 0 Å². The van der Waals surface area contributed by atoms with Crippen molar-refractivity contribution in [1.29, 1.82) is 0 Å². The lowest BCUT2D eigenvalue weighted by Crippen LogP contribution is -2.35. The second-order valence-corrected chi connectivity index (χ2v) is 2.68. The third-order valence-electron chi connectivity index (χ3n) is 1.99. The molecular weight excluding hydrogens is 143 g/mol. The van der Waals surface area contributed by atoms with Gasteiger partial charge in [0.2, 0.25) is 5.95 Å². The van der Waals surface area contributed by atoms with Crippen LogP contribution in [0.4, 0.5) is 4.39 Å². The van der Waals surface area contributed by atoms with Crippen LogP contribution in [0.15, 0.2) is 18.3 Å². The molecule has 0 saturated carbocycles. The van der Waals surface area contributed by atoms with Gasteiger partial charge < -0.3 is 5.32 Å². The molecule has 0 aromatic carbocycles. The van der Waals surface area contributed by atoms with Crippen LogP contribution in [0, 0.1) is 5.95 Å². The lowest BCUT2D eigenvalue weighted by Gasteiger charge is -2.27. The van der Waals surface area contributed by atoms with Crippen molar-refractivity contribution in [3.05, 3.63) is 29.8 Å². The van der Waals surface area contributed by atoms with Crippen molar-refractivity contribution in [2.24, 2.45) is 0 Å². The molecule has 1 fully saturated rings. The normalized spacial score (nSPS) is 22.8. The molecule has 0 amide bonds. The minimum absolute atomic E-state index is 0.198. The fourth-order valence-electron chi connectivity index (χ4n) is 1.21. The maximum absolute atomic E-state index is 12.9. The number of hydrogen-bond acceptors (Lipinski definition) is 2. The molecule has 1 saturated heterocycles. The molecule has 1 atom stereocenters. The number of nitrogens with one attached hydrogen (secondary N) is 1. The third-order valence-corrected chi connectivity index (χ3v) is 1.99. The second kappa shape index (κ2) is 2.58. The summed E-state index contributed by atoms with van der Waals surface area (Å²) in [5, 5.41) is 3.12. The molecule has 11 heavy (non-hydrogen) atoms. The summed E-state index contributed by atoms with van der Waals surface area (Å²) in [5.74, 6) is -0.343. The van der Waals surface area contributed by atoms with Gasteiger partial charge in [-0.15, -0.1) is 0 Å². The standard InChI is InChI=1S/C8H9FN2/c9-8-6(2-1-4-11-8)7-3-5-10-7/h1-2,4,7,10H,3,5H2. The molecule has 2 rings (SSSR count). The van der Waals surface area contributed by atoms with Gasteiger partial charge in [-0.25, -0.2) is 4.98 Å². The van der Waals surface area contributed by atoms with E-state index in [4.69, 9.17) is 0 Å². The highest BCUT2D eigenvalue weighted by molar-refractivity contribution is 5.17. The molecule has 1 aromatic heterocycles. The van der Waals surface area contributed by atoms with E-state index in [-0.39, 0.29) is 12.0 Å². The summed E-state index contributed by atoms with van der Waals surface area (Å²) in [6.45, 7) is 0.985. The summed E-state index contributed by atoms with van der Waals surface area (Å²) in [5.41, 5.74) is 0.693. The van der Waals surface area contributed by atoms with Crippen LogP contribution in [0.1, 0.15) is 18.0 Å². The van der Waals surface area contributed by atoms with Crippen molar-refractivity contribution in [3.63, 3.8) is 0 Å². The van der Waals surface area contributed by atoms with Crippen molar-refractivity contribution in [3.8, 4) is 0 Å². The van der Waals surface area contributed by atoms with E-state index in [2.05, 4.69) is 10.3 Å². The number of halogens is 1. The van der Waals surface area contributed by atoms with Gasteiger partial charge in [0.05, 0.1) is 0 Å². The number of hydrogen-bond donors (Lipinski definition) is 1. The molecule has 0 spiro atoms. The van der Waals surface area contributed by atoms with Gasteiger partial charge in [0.15, 0.2) is 0 Å². The summed E-state index contributed by atoms with van der Waals surface area (Å²) < 4.78 is 12.9. The molecule has 2 heterocycles. The van der Waals surface area contributed by atoms with Crippen molar-refractivity contribution in [1.82, 2.24) is 10.3 Å². The predicted molar refractivity (Wildman–Crippen MR) is 39.6 cm³/mol. The van der Waals surface area contributed by atoms with Gasteiger partial charge in [0, 0.05) is 17.8 Å². The van der Waals surface area contributed by atoms with Gasteiger partial charge >= 0.3 is 0 Å².